The molecule has 0 radical (unpaired) electrons. The number of hydrogen-bond acceptors (Lipinski definition) is 2. The Morgan fingerprint density at radius 3 is 2.23 bits per heavy atom. The third-order valence-corrected chi connectivity index (χ3v) is 3.34. The molecular weight excluding hydrogens is 162 g/mol. The largest absolute Gasteiger partial charge is 0.381 e. The number of nitrogens with two attached hydrogens (primary N) is 1. The number of ether oxygens (including phenoxy) is 1. The molecule has 78 valence electrons. The molecular formula is C11H23NO. The van der Waals surface area contributed by atoms with Crippen LogP contribution in [0.25, 0.3) is 0 Å². The van der Waals surface area contributed by atoms with Crippen LogP contribution in [0.2, 0.25) is 0 Å². The topological polar surface area (TPSA) is 35.2 Å². The van der Waals surface area contributed by atoms with Crippen molar-refractivity contribution in [2.45, 2.75) is 51.5 Å². The van der Waals surface area contributed by atoms with Crippen LogP contribution in [-0.4, -0.2) is 18.8 Å². The Morgan fingerprint density at radius 2 is 1.77 bits per heavy atom. The van der Waals surface area contributed by atoms with Gasteiger partial charge in [-0.2, -0.15) is 0 Å². The molecule has 1 rings (SSSR count). The molecule has 0 spiro atoms. The monoisotopic (exact) mass is 185 g/mol. The van der Waals surface area contributed by atoms with Crippen molar-refractivity contribution in [1.82, 2.24) is 0 Å². The predicted octanol–water partition coefficient (Wildman–Crippen LogP) is 2.32. The maximum atomic E-state index is 6.33. The van der Waals surface area contributed by atoms with Crippen LogP contribution in [-0.2, 0) is 4.74 Å². The molecule has 1 aliphatic rings. The van der Waals surface area contributed by atoms with E-state index in [0.717, 1.165) is 32.0 Å². The SMILES string of the molecule is CCC(CC)CC1(N)CCOCC1. The van der Waals surface area contributed by atoms with Crippen molar-refractivity contribution in [3.63, 3.8) is 0 Å². The Kier molecular flexibility index (Phi) is 4.20. The number of hydrogen-bond donors (Lipinski definition) is 1. The van der Waals surface area contributed by atoms with Crippen LogP contribution in [0, 0.1) is 5.92 Å². The first-order valence-electron chi connectivity index (χ1n) is 5.57. The highest BCUT2D eigenvalue weighted by atomic mass is 16.5. The summed E-state index contributed by atoms with van der Waals surface area (Å²) >= 11 is 0. The zero-order chi connectivity index (χ0) is 9.73. The summed E-state index contributed by atoms with van der Waals surface area (Å²) < 4.78 is 5.33. The van der Waals surface area contributed by atoms with Gasteiger partial charge in [-0.3, -0.25) is 0 Å². The van der Waals surface area contributed by atoms with Gasteiger partial charge in [0.2, 0.25) is 0 Å². The first kappa shape index (κ1) is 11.0. The minimum atomic E-state index is 0.0783. The fourth-order valence-corrected chi connectivity index (χ4v) is 2.13. The molecule has 2 heteroatoms. The molecule has 2 N–H and O–H groups in total. The molecule has 1 saturated heterocycles. The molecule has 13 heavy (non-hydrogen) atoms. The first-order chi connectivity index (χ1) is 6.20. The van der Waals surface area contributed by atoms with Gasteiger partial charge in [-0.25, -0.2) is 0 Å². The van der Waals surface area contributed by atoms with Crippen molar-refractivity contribution in [1.29, 1.82) is 0 Å². The molecule has 1 heterocycles. The standard InChI is InChI=1S/C11H23NO/c1-3-10(4-2)9-11(12)5-7-13-8-6-11/h10H,3-9,12H2,1-2H3. The zero-order valence-corrected chi connectivity index (χ0v) is 9.01. The van der Waals surface area contributed by atoms with Crippen LogP contribution in [0.5, 0.6) is 0 Å². The Balaban J connectivity index is 2.39. The summed E-state index contributed by atoms with van der Waals surface area (Å²) in [4.78, 5) is 0. The summed E-state index contributed by atoms with van der Waals surface area (Å²) in [6.07, 6.45) is 5.79. The Bertz CT molecular complexity index is 137. The second-order valence-corrected chi connectivity index (χ2v) is 4.36. The third kappa shape index (κ3) is 3.28. The molecule has 1 aliphatic heterocycles. The molecule has 0 aromatic heterocycles. The van der Waals surface area contributed by atoms with Crippen LogP contribution < -0.4 is 5.73 Å². The summed E-state index contributed by atoms with van der Waals surface area (Å²) in [7, 11) is 0. The van der Waals surface area contributed by atoms with Crippen molar-refractivity contribution in [2.75, 3.05) is 13.2 Å². The lowest BCUT2D eigenvalue weighted by molar-refractivity contribution is 0.0435. The minimum Gasteiger partial charge on any atom is -0.381 e. The van der Waals surface area contributed by atoms with Gasteiger partial charge in [0, 0.05) is 18.8 Å². The molecule has 0 aliphatic carbocycles. The van der Waals surface area contributed by atoms with Gasteiger partial charge in [-0.1, -0.05) is 26.7 Å². The van der Waals surface area contributed by atoms with Gasteiger partial charge < -0.3 is 10.5 Å². The molecule has 0 unspecified atom stereocenters. The van der Waals surface area contributed by atoms with E-state index in [9.17, 15) is 0 Å². The number of rotatable bonds is 4. The van der Waals surface area contributed by atoms with Crippen LogP contribution in [0.1, 0.15) is 46.0 Å². The van der Waals surface area contributed by atoms with Crippen molar-refractivity contribution in [2.24, 2.45) is 11.7 Å². The Morgan fingerprint density at radius 1 is 1.23 bits per heavy atom. The van der Waals surface area contributed by atoms with E-state index in [1.54, 1.807) is 0 Å². The maximum Gasteiger partial charge on any atom is 0.0483 e. The average molecular weight is 185 g/mol. The van der Waals surface area contributed by atoms with Gasteiger partial charge in [-0.15, -0.1) is 0 Å². The molecule has 2 nitrogen and oxygen atoms in total. The summed E-state index contributed by atoms with van der Waals surface area (Å²) in [5, 5.41) is 0. The molecule has 0 aromatic carbocycles. The average Bonchev–Trinajstić information content (AvgIpc) is 2.15. The summed E-state index contributed by atoms with van der Waals surface area (Å²) in [5.74, 6) is 0.808. The van der Waals surface area contributed by atoms with Gasteiger partial charge in [0.05, 0.1) is 0 Å². The summed E-state index contributed by atoms with van der Waals surface area (Å²) in [6.45, 7) is 6.24. The van der Waals surface area contributed by atoms with E-state index in [1.165, 1.54) is 19.3 Å². The zero-order valence-electron chi connectivity index (χ0n) is 9.01. The highest BCUT2D eigenvalue weighted by molar-refractivity contribution is 4.88. The highest BCUT2D eigenvalue weighted by Gasteiger charge is 2.29. The first-order valence-corrected chi connectivity index (χ1v) is 5.57. The molecule has 0 aromatic rings. The van der Waals surface area contributed by atoms with Crippen LogP contribution in [0.3, 0.4) is 0 Å². The maximum absolute atomic E-state index is 6.33. The fraction of sp³-hybridized carbons (Fsp3) is 1.00. The van der Waals surface area contributed by atoms with Crippen molar-refractivity contribution < 1.29 is 4.74 Å². The predicted molar refractivity (Wildman–Crippen MR) is 55.7 cm³/mol. The molecule has 1 fully saturated rings. The fourth-order valence-electron chi connectivity index (χ4n) is 2.13. The minimum absolute atomic E-state index is 0.0783. The van der Waals surface area contributed by atoms with Crippen molar-refractivity contribution in [3.05, 3.63) is 0 Å². The van der Waals surface area contributed by atoms with Crippen LogP contribution >= 0.6 is 0 Å². The van der Waals surface area contributed by atoms with E-state index in [-0.39, 0.29) is 5.54 Å². The van der Waals surface area contributed by atoms with Crippen LogP contribution in [0.15, 0.2) is 0 Å². The second kappa shape index (κ2) is 4.97. The Hall–Kier alpha value is -0.0800. The summed E-state index contributed by atoms with van der Waals surface area (Å²) in [6, 6.07) is 0. The normalized spacial score (nSPS) is 22.2. The van der Waals surface area contributed by atoms with Gasteiger partial charge in [-0.05, 0) is 25.2 Å². The van der Waals surface area contributed by atoms with Crippen molar-refractivity contribution in [3.8, 4) is 0 Å². The van der Waals surface area contributed by atoms with Gasteiger partial charge in [0.1, 0.15) is 0 Å². The van der Waals surface area contributed by atoms with Crippen molar-refractivity contribution >= 4 is 0 Å². The smallest absolute Gasteiger partial charge is 0.0483 e. The lowest BCUT2D eigenvalue weighted by atomic mass is 9.80. The second-order valence-electron chi connectivity index (χ2n) is 4.36. The van der Waals surface area contributed by atoms with E-state index < -0.39 is 0 Å². The third-order valence-electron chi connectivity index (χ3n) is 3.34. The highest BCUT2D eigenvalue weighted by Crippen LogP contribution is 2.28. The van der Waals surface area contributed by atoms with E-state index in [1.807, 2.05) is 0 Å². The lowest BCUT2D eigenvalue weighted by Crippen LogP contribution is -2.46. The van der Waals surface area contributed by atoms with Gasteiger partial charge >= 0.3 is 0 Å². The molecule has 0 saturated carbocycles. The van der Waals surface area contributed by atoms with Gasteiger partial charge in [0.25, 0.3) is 0 Å². The van der Waals surface area contributed by atoms with Gasteiger partial charge in [0.15, 0.2) is 0 Å². The van der Waals surface area contributed by atoms with E-state index in [0.29, 0.717) is 0 Å². The van der Waals surface area contributed by atoms with Crippen LogP contribution in [0.4, 0.5) is 0 Å². The Labute approximate surface area is 81.8 Å². The molecule has 0 atom stereocenters. The molecule has 0 amide bonds. The summed E-state index contributed by atoms with van der Waals surface area (Å²) in [5.41, 5.74) is 6.41. The van der Waals surface area contributed by atoms with E-state index in [2.05, 4.69) is 13.8 Å². The van der Waals surface area contributed by atoms with E-state index >= 15 is 0 Å². The quantitative estimate of drug-likeness (QED) is 0.729. The van der Waals surface area contributed by atoms with E-state index in [4.69, 9.17) is 10.5 Å². The molecule has 0 bridgehead atoms. The lowest BCUT2D eigenvalue weighted by Gasteiger charge is -2.36.